The van der Waals surface area contributed by atoms with Gasteiger partial charge in [-0.05, 0) is 97.9 Å². The van der Waals surface area contributed by atoms with Crippen LogP contribution in [0.1, 0.15) is 0 Å². The summed E-state index contributed by atoms with van der Waals surface area (Å²) in [6.45, 7) is 0. The molecule has 0 aliphatic carbocycles. The molecule has 9 aromatic carbocycles. The minimum absolute atomic E-state index is 0.864. The summed E-state index contributed by atoms with van der Waals surface area (Å²) >= 11 is 0. The number of benzene rings is 9. The first-order valence-electron chi connectivity index (χ1n) is 18.4. The summed E-state index contributed by atoms with van der Waals surface area (Å²) in [5.74, 6) is 0.864. The SMILES string of the molecule is c1ccc(-c2cccc(-c3ccc(N(c4cccc(-c5oc6ccccc6c5-c5ccccc5)c4)c4ccc5c(ccc6ccccc65)c4)cc3)c2)cc1. The Morgan fingerprint density at radius 2 is 0.852 bits per heavy atom. The third-order valence-electron chi connectivity index (χ3n) is 10.4. The highest BCUT2D eigenvalue weighted by atomic mass is 16.3. The fraction of sp³-hybridized carbons (Fsp3) is 0. The molecule has 0 aliphatic heterocycles. The van der Waals surface area contributed by atoms with Crippen LogP contribution in [0.4, 0.5) is 17.1 Å². The molecule has 54 heavy (non-hydrogen) atoms. The number of para-hydroxylation sites is 1. The third kappa shape index (κ3) is 5.71. The van der Waals surface area contributed by atoms with E-state index in [0.717, 1.165) is 50.5 Å². The lowest BCUT2D eigenvalue weighted by molar-refractivity contribution is 0.632. The maximum absolute atomic E-state index is 6.67. The zero-order chi connectivity index (χ0) is 35.8. The molecule has 0 aliphatic rings. The van der Waals surface area contributed by atoms with Gasteiger partial charge in [0.25, 0.3) is 0 Å². The summed E-state index contributed by atoms with van der Waals surface area (Å²) in [7, 11) is 0. The van der Waals surface area contributed by atoms with E-state index in [1.54, 1.807) is 0 Å². The highest BCUT2D eigenvalue weighted by Crippen LogP contribution is 2.44. The van der Waals surface area contributed by atoms with Crippen LogP contribution in [-0.4, -0.2) is 0 Å². The van der Waals surface area contributed by atoms with Gasteiger partial charge in [-0.3, -0.25) is 0 Å². The Labute approximate surface area is 314 Å². The first-order valence-corrected chi connectivity index (χ1v) is 18.4. The van der Waals surface area contributed by atoms with Crippen molar-refractivity contribution in [2.75, 3.05) is 4.90 Å². The van der Waals surface area contributed by atoms with Crippen LogP contribution < -0.4 is 4.90 Å². The first-order chi connectivity index (χ1) is 26.8. The Morgan fingerprint density at radius 1 is 0.296 bits per heavy atom. The second-order valence-corrected chi connectivity index (χ2v) is 13.7. The third-order valence-corrected chi connectivity index (χ3v) is 10.4. The highest BCUT2D eigenvalue weighted by Gasteiger charge is 2.20. The van der Waals surface area contributed by atoms with Gasteiger partial charge in [0.2, 0.25) is 0 Å². The number of anilines is 3. The maximum atomic E-state index is 6.67. The summed E-state index contributed by atoms with van der Waals surface area (Å²) in [6.07, 6.45) is 0. The monoisotopic (exact) mass is 689 g/mol. The van der Waals surface area contributed by atoms with E-state index >= 15 is 0 Å². The molecule has 0 bridgehead atoms. The van der Waals surface area contributed by atoms with Crippen LogP contribution in [0.3, 0.4) is 0 Å². The molecule has 0 radical (unpaired) electrons. The molecular formula is C52H35NO. The molecule has 0 atom stereocenters. The molecule has 0 N–H and O–H groups in total. The molecule has 0 unspecified atom stereocenters. The Hall–Kier alpha value is -7.16. The van der Waals surface area contributed by atoms with Gasteiger partial charge < -0.3 is 9.32 Å². The minimum atomic E-state index is 0.864. The van der Waals surface area contributed by atoms with E-state index in [4.69, 9.17) is 4.42 Å². The van der Waals surface area contributed by atoms with Gasteiger partial charge in [-0.25, -0.2) is 0 Å². The van der Waals surface area contributed by atoms with Crippen LogP contribution in [0.5, 0.6) is 0 Å². The lowest BCUT2D eigenvalue weighted by Gasteiger charge is -2.26. The quantitative estimate of drug-likeness (QED) is 0.155. The highest BCUT2D eigenvalue weighted by molar-refractivity contribution is 6.09. The van der Waals surface area contributed by atoms with Crippen molar-refractivity contribution >= 4 is 49.6 Å². The zero-order valence-corrected chi connectivity index (χ0v) is 29.6. The van der Waals surface area contributed by atoms with Crippen molar-refractivity contribution < 1.29 is 4.42 Å². The van der Waals surface area contributed by atoms with Crippen molar-refractivity contribution in [3.8, 4) is 44.7 Å². The predicted octanol–water partition coefficient (Wildman–Crippen LogP) is 14.9. The summed E-state index contributed by atoms with van der Waals surface area (Å²) in [5.41, 5.74) is 12.1. The number of hydrogen-bond acceptors (Lipinski definition) is 2. The number of furan rings is 1. The lowest BCUT2D eigenvalue weighted by atomic mass is 9.97. The second-order valence-electron chi connectivity index (χ2n) is 13.7. The van der Waals surface area contributed by atoms with Gasteiger partial charge in [0, 0.05) is 33.6 Å². The zero-order valence-electron chi connectivity index (χ0n) is 29.6. The first kappa shape index (κ1) is 31.6. The van der Waals surface area contributed by atoms with E-state index in [-0.39, 0.29) is 0 Å². The van der Waals surface area contributed by atoms with E-state index < -0.39 is 0 Å². The summed E-state index contributed by atoms with van der Waals surface area (Å²) < 4.78 is 6.67. The van der Waals surface area contributed by atoms with Gasteiger partial charge in [-0.1, -0.05) is 164 Å². The molecule has 10 rings (SSSR count). The van der Waals surface area contributed by atoms with Crippen LogP contribution in [0.15, 0.2) is 217 Å². The number of fused-ring (bicyclic) bond motifs is 4. The van der Waals surface area contributed by atoms with Gasteiger partial charge in [-0.15, -0.1) is 0 Å². The van der Waals surface area contributed by atoms with Crippen LogP contribution in [0, 0.1) is 0 Å². The van der Waals surface area contributed by atoms with Gasteiger partial charge >= 0.3 is 0 Å². The van der Waals surface area contributed by atoms with Crippen LogP contribution in [0.25, 0.3) is 77.2 Å². The number of rotatable bonds is 7. The number of nitrogens with zero attached hydrogens (tertiary/aromatic N) is 1. The predicted molar refractivity (Wildman–Crippen MR) is 228 cm³/mol. The molecule has 0 fully saturated rings. The van der Waals surface area contributed by atoms with E-state index in [2.05, 4.69) is 211 Å². The second kappa shape index (κ2) is 13.4. The Kier molecular flexibility index (Phi) is 7.85. The molecule has 254 valence electrons. The summed E-state index contributed by atoms with van der Waals surface area (Å²) in [5, 5.41) is 6.05. The molecular weight excluding hydrogens is 655 g/mol. The summed E-state index contributed by atoms with van der Waals surface area (Å²) in [6, 6.07) is 75.8. The molecule has 1 aromatic heterocycles. The number of hydrogen-bond donors (Lipinski definition) is 0. The molecule has 0 saturated carbocycles. The van der Waals surface area contributed by atoms with E-state index in [1.165, 1.54) is 43.8 Å². The van der Waals surface area contributed by atoms with Crippen molar-refractivity contribution in [2.45, 2.75) is 0 Å². The maximum Gasteiger partial charge on any atom is 0.143 e. The Bertz CT molecular complexity index is 2920. The van der Waals surface area contributed by atoms with E-state index in [0.29, 0.717) is 0 Å². The van der Waals surface area contributed by atoms with Crippen LogP contribution in [0.2, 0.25) is 0 Å². The fourth-order valence-electron chi connectivity index (χ4n) is 7.83. The lowest BCUT2D eigenvalue weighted by Crippen LogP contribution is -2.10. The fourth-order valence-corrected chi connectivity index (χ4v) is 7.83. The molecule has 0 amide bonds. The van der Waals surface area contributed by atoms with Gasteiger partial charge in [0.15, 0.2) is 0 Å². The van der Waals surface area contributed by atoms with E-state index in [9.17, 15) is 0 Å². The molecule has 0 saturated heterocycles. The average Bonchev–Trinajstić information content (AvgIpc) is 3.65. The average molecular weight is 690 g/mol. The molecule has 0 spiro atoms. The standard InChI is InChI=1S/C52H35NO/c1-3-13-36(14-4-1)40-18-11-19-41(33-40)37-27-29-44(30-28-37)53(46-31-32-48-42(34-46)26-25-38-15-7-8-22-47(38)48)45-21-12-20-43(35-45)52-51(39-16-5-2-6-17-39)49-23-9-10-24-50(49)54-52/h1-35H. The van der Waals surface area contributed by atoms with Crippen molar-refractivity contribution in [2.24, 2.45) is 0 Å². The smallest absolute Gasteiger partial charge is 0.143 e. The van der Waals surface area contributed by atoms with Crippen molar-refractivity contribution in [3.05, 3.63) is 212 Å². The van der Waals surface area contributed by atoms with Gasteiger partial charge in [0.05, 0.1) is 0 Å². The van der Waals surface area contributed by atoms with Gasteiger partial charge in [0.1, 0.15) is 11.3 Å². The largest absolute Gasteiger partial charge is 0.455 e. The van der Waals surface area contributed by atoms with Crippen molar-refractivity contribution in [1.29, 1.82) is 0 Å². The van der Waals surface area contributed by atoms with E-state index in [1.807, 2.05) is 6.07 Å². The Balaban J connectivity index is 1.11. The molecule has 2 nitrogen and oxygen atoms in total. The Morgan fingerprint density at radius 3 is 1.65 bits per heavy atom. The molecule has 2 heteroatoms. The molecule has 10 aromatic rings. The van der Waals surface area contributed by atoms with Crippen LogP contribution in [-0.2, 0) is 0 Å². The molecule has 1 heterocycles. The van der Waals surface area contributed by atoms with Crippen molar-refractivity contribution in [1.82, 2.24) is 0 Å². The van der Waals surface area contributed by atoms with Crippen LogP contribution >= 0.6 is 0 Å². The van der Waals surface area contributed by atoms with Gasteiger partial charge in [-0.2, -0.15) is 0 Å². The minimum Gasteiger partial charge on any atom is -0.455 e. The topological polar surface area (TPSA) is 16.4 Å². The summed E-state index contributed by atoms with van der Waals surface area (Å²) in [4.78, 5) is 2.35. The van der Waals surface area contributed by atoms with Crippen molar-refractivity contribution in [3.63, 3.8) is 0 Å². The normalized spacial score (nSPS) is 11.3.